The maximum Gasteiger partial charge on any atom is 1.00 e. The minimum atomic E-state index is -4.23. The molecule has 0 radical (unpaired) electrons. The van der Waals surface area contributed by atoms with Crippen LogP contribution in [0.5, 0.6) is 0 Å². The van der Waals surface area contributed by atoms with Gasteiger partial charge in [-0.3, -0.25) is 14.3 Å². The molecule has 0 aromatic carbocycles. The summed E-state index contributed by atoms with van der Waals surface area (Å²) in [6, 6.07) is 1.11. The van der Waals surface area contributed by atoms with Crippen molar-refractivity contribution in [2.24, 2.45) is 0 Å². The van der Waals surface area contributed by atoms with Gasteiger partial charge in [0.1, 0.15) is 6.35 Å². The van der Waals surface area contributed by atoms with E-state index in [0.717, 1.165) is 17.0 Å². The Morgan fingerprint density at radius 1 is 1.52 bits per heavy atom. The monoisotopic (exact) mass is 332 g/mol. The van der Waals surface area contributed by atoms with E-state index in [0.29, 0.717) is 0 Å². The fourth-order valence-electron chi connectivity index (χ4n) is 1.57. The van der Waals surface area contributed by atoms with Crippen molar-refractivity contribution in [3.05, 3.63) is 33.1 Å². The molecule has 1 saturated heterocycles. The van der Waals surface area contributed by atoms with Crippen molar-refractivity contribution >= 4 is 7.60 Å². The van der Waals surface area contributed by atoms with Gasteiger partial charge in [0, 0.05) is 12.5 Å². The average Bonchev–Trinajstić information content (AvgIpc) is 2.77. The molecule has 1 aromatic heterocycles. The second kappa shape index (κ2) is 7.70. The van der Waals surface area contributed by atoms with Crippen molar-refractivity contribution in [2.75, 3.05) is 13.0 Å². The van der Waals surface area contributed by atoms with E-state index >= 15 is 0 Å². The number of hydrogen-bond acceptors (Lipinski definition) is 6. The molecule has 0 spiro atoms. The third-order valence-corrected chi connectivity index (χ3v) is 2.91. The molecule has 1 unspecified atom stereocenters. The van der Waals surface area contributed by atoms with Crippen molar-refractivity contribution in [1.82, 2.24) is 9.71 Å². The van der Waals surface area contributed by atoms with E-state index < -0.39 is 37.6 Å². The number of aromatic nitrogens is 2. The number of aromatic amines is 1. The predicted octanol–water partition coefficient (Wildman–Crippen LogP) is -4.65. The Labute approximate surface area is 141 Å². The molecule has 114 valence electrons. The Hall–Kier alpha value is -0.450. The minimum Gasteiger partial charge on any atom is -1.00 e. The summed E-state index contributed by atoms with van der Waals surface area (Å²) < 4.78 is 21.6. The maximum atomic E-state index is 11.4. The minimum absolute atomic E-state index is 0. The zero-order valence-electron chi connectivity index (χ0n) is 12.2. The van der Waals surface area contributed by atoms with Gasteiger partial charge >= 0.3 is 42.8 Å². The van der Waals surface area contributed by atoms with Crippen LogP contribution in [0.4, 0.5) is 0 Å². The maximum absolute atomic E-state index is 11.4. The second-order valence-corrected chi connectivity index (χ2v) is 5.71. The quantitative estimate of drug-likeness (QED) is 0.361. The summed E-state index contributed by atoms with van der Waals surface area (Å²) in [5.74, 6) is 0. The summed E-state index contributed by atoms with van der Waals surface area (Å²) in [7, 11) is -4.23. The number of rotatable bonds is 5. The zero-order chi connectivity index (χ0) is 14.8. The zero-order valence-corrected chi connectivity index (χ0v) is 14.1. The first-order valence-corrected chi connectivity index (χ1v) is 7.40. The summed E-state index contributed by atoms with van der Waals surface area (Å²) in [5, 5.41) is 0. The average molecular weight is 332 g/mol. The smallest absolute Gasteiger partial charge is 1.00 e. The molecule has 0 aliphatic carbocycles. The van der Waals surface area contributed by atoms with Crippen LogP contribution in [0.2, 0.25) is 0 Å². The number of nitrogens with one attached hydrogen (secondary N) is 1. The fraction of sp³-hybridized carbons (Fsp3) is 0.556. The Balaban J connectivity index is 0.00000220. The molecule has 0 bridgehead atoms. The first-order valence-electron chi connectivity index (χ1n) is 5.60. The van der Waals surface area contributed by atoms with E-state index in [9.17, 15) is 14.2 Å². The van der Waals surface area contributed by atoms with Gasteiger partial charge in [0.05, 0.1) is 18.9 Å². The van der Waals surface area contributed by atoms with E-state index in [1.165, 1.54) is 0 Å². The molecular formula is C9H14N2NaO8P. The van der Waals surface area contributed by atoms with Crippen molar-refractivity contribution in [1.29, 1.82) is 0 Å². The molecular weight excluding hydrogens is 318 g/mol. The molecule has 0 amide bonds. The summed E-state index contributed by atoms with van der Waals surface area (Å²) >= 11 is 0. The standard InChI is InChI=1S/C9H13N2O8P.Na.H/c12-7-1-2-11(9(13)10-7)19-8-3-6(4-17-8)18-5-20(14,15)16;;/h1-2,6,8H,3-5H2,(H,10,12,13)(H2,14,15,16);;/q;+1;-1/t6-,8?;;/m0../s1. The SMILES string of the molecule is O=c1ccn(OC2C[C@H](OCP(=O)(O)O)CO2)c(=O)[nH]1.[H-].[Na+]. The van der Waals surface area contributed by atoms with Crippen molar-refractivity contribution in [3.63, 3.8) is 0 Å². The van der Waals surface area contributed by atoms with Gasteiger partial charge < -0.3 is 25.5 Å². The molecule has 12 heteroatoms. The number of ether oxygens (including phenoxy) is 2. The third-order valence-electron chi connectivity index (χ3n) is 2.42. The van der Waals surface area contributed by atoms with Gasteiger partial charge in [-0.15, -0.1) is 4.73 Å². The molecule has 1 aliphatic rings. The summed E-state index contributed by atoms with van der Waals surface area (Å²) in [6.45, 7) is 0.0861. The van der Waals surface area contributed by atoms with E-state index in [1.807, 2.05) is 4.98 Å². The second-order valence-electron chi connectivity index (χ2n) is 4.12. The van der Waals surface area contributed by atoms with Crippen molar-refractivity contribution in [2.45, 2.75) is 18.8 Å². The largest absolute Gasteiger partial charge is 1.00 e. The Morgan fingerprint density at radius 2 is 2.24 bits per heavy atom. The van der Waals surface area contributed by atoms with Gasteiger partial charge in [0.2, 0.25) is 6.29 Å². The van der Waals surface area contributed by atoms with Crippen molar-refractivity contribution in [3.8, 4) is 0 Å². The van der Waals surface area contributed by atoms with Crippen LogP contribution in [0.15, 0.2) is 21.9 Å². The Morgan fingerprint density at radius 3 is 2.86 bits per heavy atom. The van der Waals surface area contributed by atoms with Gasteiger partial charge in [-0.1, -0.05) is 0 Å². The van der Waals surface area contributed by atoms with E-state index in [-0.39, 0.29) is 44.0 Å². The van der Waals surface area contributed by atoms with E-state index in [2.05, 4.69) is 0 Å². The first kappa shape index (κ1) is 18.6. The van der Waals surface area contributed by atoms with Crippen LogP contribution in [0.25, 0.3) is 0 Å². The molecule has 1 aromatic rings. The van der Waals surface area contributed by atoms with Crippen molar-refractivity contribution < 1.29 is 59.6 Å². The number of nitrogens with zero attached hydrogens (tertiary/aromatic N) is 1. The number of hydrogen-bond donors (Lipinski definition) is 3. The Bertz CT molecular complexity index is 631. The van der Waals surface area contributed by atoms with Crippen LogP contribution < -0.4 is 45.6 Å². The molecule has 0 saturated carbocycles. The van der Waals surface area contributed by atoms with Gasteiger partial charge in [-0.05, 0) is 0 Å². The van der Waals surface area contributed by atoms with Crippen LogP contribution in [-0.2, 0) is 14.0 Å². The van der Waals surface area contributed by atoms with Crippen LogP contribution in [0.1, 0.15) is 7.85 Å². The van der Waals surface area contributed by atoms with Crippen LogP contribution in [0.3, 0.4) is 0 Å². The molecule has 2 rings (SSSR count). The van der Waals surface area contributed by atoms with Crippen LogP contribution in [-0.4, -0.2) is 44.9 Å². The van der Waals surface area contributed by atoms with Gasteiger partial charge in [-0.2, -0.15) is 0 Å². The molecule has 2 atom stereocenters. The molecule has 1 fully saturated rings. The summed E-state index contributed by atoms with van der Waals surface area (Å²) in [6.07, 6.45) is -0.696. The van der Waals surface area contributed by atoms with Gasteiger partial charge in [-0.25, -0.2) is 4.79 Å². The Kier molecular flexibility index (Phi) is 6.82. The fourth-order valence-corrected chi connectivity index (χ4v) is 1.98. The molecule has 1 aliphatic heterocycles. The van der Waals surface area contributed by atoms with Gasteiger partial charge in [0.15, 0.2) is 0 Å². The first-order chi connectivity index (χ1) is 9.33. The molecule has 3 N–H and O–H groups in total. The number of H-pyrrole nitrogens is 1. The van der Waals surface area contributed by atoms with Crippen LogP contribution >= 0.6 is 7.60 Å². The summed E-state index contributed by atoms with van der Waals surface area (Å²) in [5.41, 5.74) is -1.30. The van der Waals surface area contributed by atoms with Gasteiger partial charge in [0.25, 0.3) is 5.56 Å². The topological polar surface area (TPSA) is 140 Å². The molecule has 10 nitrogen and oxygen atoms in total. The normalized spacial score (nSPS) is 21.8. The van der Waals surface area contributed by atoms with E-state index in [4.69, 9.17) is 24.1 Å². The molecule has 2 heterocycles. The molecule has 21 heavy (non-hydrogen) atoms. The van der Waals surface area contributed by atoms with E-state index in [1.54, 1.807) is 0 Å². The predicted molar refractivity (Wildman–Crippen MR) is 65.2 cm³/mol. The third kappa shape index (κ3) is 6.05. The van der Waals surface area contributed by atoms with Crippen LogP contribution in [0, 0.1) is 0 Å². The summed E-state index contributed by atoms with van der Waals surface area (Å²) in [4.78, 5) is 46.7.